The van der Waals surface area contributed by atoms with E-state index in [1.807, 2.05) is 58.1 Å². The van der Waals surface area contributed by atoms with Crippen LogP contribution in [0.5, 0.6) is 0 Å². The lowest BCUT2D eigenvalue weighted by Gasteiger charge is -2.43. The molecule has 0 radical (unpaired) electrons. The van der Waals surface area contributed by atoms with Gasteiger partial charge in [0, 0.05) is 71.8 Å². The standard InChI is InChI=1S/C58H92NO16P/c1-36-18-14-13-15-19-37(2)49(72-35-45-34-70-26-27-71-45)32-44-23-21-42(7)58(65,74-44)55(62)56(63)59-25-17-16-20-46(59)57(64)73-50(39(4)30-43-22-24-48(51(31-43)67-8)75-76(11,12)66)33-47(60)38(3)29-41(6)53(68-9)54(69-10)52(61)40(5)28-36/h13-15,18-19,29,36,38-40,42-46,48-51,53-54,65H,16-17,20-28,30-35H2,1-12H3/b15-13+,18-14+,37-19+,41-29+/t36-,38-,39-,40-,42-,43+,44+,45?,46+,48-,49?,50+,51-,53-,54+,58-/m1/s1. The van der Waals surface area contributed by atoms with Crippen LogP contribution >= 0.6 is 7.37 Å². The number of hydrogen-bond donors (Lipinski definition) is 1. The molecule has 2 bridgehead atoms. The average Bonchev–Trinajstić information content (AvgIpc) is 3.39. The number of aliphatic hydroxyl groups is 1. The third-order valence-corrected chi connectivity index (χ3v) is 16.9. The molecule has 1 N–H and O–H groups in total. The first-order valence-electron chi connectivity index (χ1n) is 27.8. The number of Topliss-reactive ketones (excluding diaryl/α,β-unsaturated/α-hetero) is 3. The molecule has 5 aliphatic rings. The molecule has 5 rings (SSSR count). The molecule has 17 nitrogen and oxygen atoms in total. The summed E-state index contributed by atoms with van der Waals surface area (Å²) in [6.45, 7) is 17.8. The van der Waals surface area contributed by atoms with E-state index in [1.165, 1.54) is 19.1 Å². The molecular formula is C58H92NO16P. The Balaban J connectivity index is 1.49. The Morgan fingerprint density at radius 1 is 0.842 bits per heavy atom. The summed E-state index contributed by atoms with van der Waals surface area (Å²) in [5, 5.41) is 12.2. The highest BCUT2D eigenvalue weighted by molar-refractivity contribution is 7.57. The second-order valence-corrected chi connectivity index (χ2v) is 25.5. The van der Waals surface area contributed by atoms with Crippen molar-refractivity contribution in [2.45, 2.75) is 186 Å². The molecule has 0 aromatic rings. The van der Waals surface area contributed by atoms with E-state index < -0.39 is 79.2 Å². The van der Waals surface area contributed by atoms with Crippen LogP contribution in [0.1, 0.15) is 126 Å². The molecule has 4 fully saturated rings. The molecule has 1 amide bonds. The van der Waals surface area contributed by atoms with Crippen LogP contribution in [0.15, 0.2) is 47.6 Å². The summed E-state index contributed by atoms with van der Waals surface area (Å²) in [5.74, 6) is -7.82. The fraction of sp³-hybridized carbons (Fsp3) is 0.776. The molecule has 3 saturated heterocycles. The number of piperidine rings is 1. The van der Waals surface area contributed by atoms with Gasteiger partial charge in [0.2, 0.25) is 5.79 Å². The largest absolute Gasteiger partial charge is 0.460 e. The number of methoxy groups -OCH3 is 3. The number of ether oxygens (including phenoxy) is 8. The number of esters is 1. The molecule has 1 aliphatic carbocycles. The summed E-state index contributed by atoms with van der Waals surface area (Å²) in [4.78, 5) is 73.5. The Morgan fingerprint density at radius 2 is 1.58 bits per heavy atom. The van der Waals surface area contributed by atoms with Crippen molar-refractivity contribution in [2.24, 2.45) is 35.5 Å². The van der Waals surface area contributed by atoms with Crippen LogP contribution < -0.4 is 0 Å². The van der Waals surface area contributed by atoms with E-state index in [1.54, 1.807) is 47.3 Å². The number of rotatable bonds is 11. The number of amides is 1. The zero-order valence-corrected chi connectivity index (χ0v) is 48.5. The Hall–Kier alpha value is -3.22. The maximum Gasteiger partial charge on any atom is 0.329 e. The van der Waals surface area contributed by atoms with Gasteiger partial charge in [-0.25, -0.2) is 4.79 Å². The van der Waals surface area contributed by atoms with Crippen LogP contribution in [0.3, 0.4) is 0 Å². The molecule has 4 aliphatic heterocycles. The number of carbonyl (C=O) groups excluding carboxylic acids is 5. The Bertz CT molecular complexity index is 2110. The zero-order chi connectivity index (χ0) is 55.9. The molecule has 0 aromatic carbocycles. The molecule has 2 unspecified atom stereocenters. The smallest absolute Gasteiger partial charge is 0.329 e. The zero-order valence-electron chi connectivity index (χ0n) is 47.6. The van der Waals surface area contributed by atoms with Gasteiger partial charge in [-0.15, -0.1) is 0 Å². The topological polar surface area (TPSA) is 209 Å². The SMILES string of the molecule is CO[C@@H]1/C(C)=C/[C@@H](C)C(=O)C[C@@H]([C@H](C)C[C@@H]2CC[C@@H](OP(C)(C)=O)[C@H](OC)C2)OC(=O)[C@@H]2CCCCN2C(=O)C(=O)[C@]2(O)O[C@@H](CC[C@H]2C)CC(OCC2COCCO2)/C(C)=C/C=C/C=C/[C@@H](C)C[C@@H](C)C(=O)[C@@H]1OC. The van der Waals surface area contributed by atoms with Crippen molar-refractivity contribution in [1.29, 1.82) is 0 Å². The van der Waals surface area contributed by atoms with E-state index in [2.05, 4.69) is 0 Å². The van der Waals surface area contributed by atoms with Crippen molar-refractivity contribution in [3.05, 3.63) is 47.6 Å². The van der Waals surface area contributed by atoms with Gasteiger partial charge in [-0.2, -0.15) is 0 Å². The van der Waals surface area contributed by atoms with Gasteiger partial charge in [0.25, 0.3) is 11.7 Å². The van der Waals surface area contributed by atoms with Gasteiger partial charge < -0.3 is 52.4 Å². The Kier molecular flexibility index (Phi) is 25.0. The highest BCUT2D eigenvalue weighted by atomic mass is 31.2. The first kappa shape index (κ1) is 63.6. The highest BCUT2D eigenvalue weighted by Gasteiger charge is 2.53. The highest BCUT2D eigenvalue weighted by Crippen LogP contribution is 2.45. The van der Waals surface area contributed by atoms with Crippen molar-refractivity contribution in [3.63, 3.8) is 0 Å². The molecule has 1 saturated carbocycles. The summed E-state index contributed by atoms with van der Waals surface area (Å²) in [7, 11) is 1.79. The summed E-state index contributed by atoms with van der Waals surface area (Å²) >= 11 is 0. The number of ketones is 3. The maximum atomic E-state index is 14.7. The predicted molar refractivity (Wildman–Crippen MR) is 288 cm³/mol. The first-order valence-corrected chi connectivity index (χ1v) is 30.4. The van der Waals surface area contributed by atoms with Crippen LogP contribution in [-0.2, 0) is 71.0 Å². The quantitative estimate of drug-likeness (QED) is 0.0895. The number of nitrogens with zero attached hydrogens (tertiary/aromatic N) is 1. The van der Waals surface area contributed by atoms with Gasteiger partial charge in [-0.1, -0.05) is 71.1 Å². The van der Waals surface area contributed by atoms with Crippen LogP contribution in [0.4, 0.5) is 0 Å². The number of allylic oxidation sites excluding steroid dienone is 6. The van der Waals surface area contributed by atoms with Gasteiger partial charge in [-0.05, 0) is 107 Å². The maximum absolute atomic E-state index is 14.7. The fourth-order valence-corrected chi connectivity index (χ4v) is 12.5. The fourth-order valence-electron chi connectivity index (χ4n) is 11.6. The van der Waals surface area contributed by atoms with E-state index in [0.717, 1.165) is 12.0 Å². The van der Waals surface area contributed by atoms with Crippen molar-refractivity contribution >= 4 is 36.6 Å². The van der Waals surface area contributed by atoms with E-state index >= 15 is 0 Å². The number of hydrogen-bond acceptors (Lipinski definition) is 16. The predicted octanol–water partition coefficient (Wildman–Crippen LogP) is 8.18. The van der Waals surface area contributed by atoms with E-state index in [9.17, 15) is 33.6 Å². The van der Waals surface area contributed by atoms with E-state index in [4.69, 9.17) is 42.4 Å². The number of fused-ring (bicyclic) bond motifs is 3. The lowest BCUT2D eigenvalue weighted by Crippen LogP contribution is -2.61. The summed E-state index contributed by atoms with van der Waals surface area (Å²) in [6.07, 6.45) is 12.0. The third kappa shape index (κ3) is 17.9. The van der Waals surface area contributed by atoms with Crippen LogP contribution in [0.25, 0.3) is 0 Å². The first-order chi connectivity index (χ1) is 36.0. The number of cyclic esters (lactones) is 1. The lowest BCUT2D eigenvalue weighted by atomic mass is 9.78. The normalized spacial score (nSPS) is 38.7. The van der Waals surface area contributed by atoms with Crippen molar-refractivity contribution < 1.29 is 76.1 Å². The number of carbonyl (C=O) groups is 5. The average molecular weight is 1090 g/mol. The second kappa shape index (κ2) is 29.8. The molecule has 16 atom stereocenters. The molecule has 430 valence electrons. The molecule has 0 spiro atoms. The molecule has 18 heteroatoms. The van der Waals surface area contributed by atoms with Crippen LogP contribution in [-0.4, -0.2) is 168 Å². The van der Waals surface area contributed by atoms with Crippen LogP contribution in [0.2, 0.25) is 0 Å². The van der Waals surface area contributed by atoms with Crippen LogP contribution in [0, 0.1) is 35.5 Å². The van der Waals surface area contributed by atoms with Gasteiger partial charge in [0.1, 0.15) is 36.2 Å². The molecular weight excluding hydrogens is 998 g/mol. The summed E-state index contributed by atoms with van der Waals surface area (Å²) in [6, 6.07) is -1.16. The third-order valence-electron chi connectivity index (χ3n) is 16.2. The minimum atomic E-state index is -2.80. The lowest BCUT2D eigenvalue weighted by molar-refractivity contribution is -0.266. The van der Waals surface area contributed by atoms with Gasteiger partial charge in [0.05, 0.1) is 50.8 Å². The minimum Gasteiger partial charge on any atom is -0.460 e. The van der Waals surface area contributed by atoms with Gasteiger partial charge in [-0.3, -0.25) is 23.7 Å². The van der Waals surface area contributed by atoms with Gasteiger partial charge in [0.15, 0.2) is 13.2 Å². The second-order valence-electron chi connectivity index (χ2n) is 22.8. The Morgan fingerprint density at radius 3 is 2.25 bits per heavy atom. The van der Waals surface area contributed by atoms with E-state index in [-0.39, 0.29) is 86.0 Å². The monoisotopic (exact) mass is 1090 g/mol. The summed E-state index contributed by atoms with van der Waals surface area (Å²) in [5.41, 5.74) is 1.49. The van der Waals surface area contributed by atoms with E-state index in [0.29, 0.717) is 76.8 Å². The Labute approximate surface area is 453 Å². The van der Waals surface area contributed by atoms with Crippen molar-refractivity contribution in [2.75, 3.05) is 67.6 Å². The van der Waals surface area contributed by atoms with Crippen molar-refractivity contribution in [3.8, 4) is 0 Å². The summed E-state index contributed by atoms with van der Waals surface area (Å²) < 4.78 is 66.9. The molecule has 76 heavy (non-hydrogen) atoms. The van der Waals surface area contributed by atoms with Crippen molar-refractivity contribution in [1.82, 2.24) is 4.90 Å². The minimum absolute atomic E-state index is 0.0264. The molecule has 4 heterocycles. The molecule has 0 aromatic heterocycles. The van der Waals surface area contributed by atoms with Gasteiger partial charge >= 0.3 is 5.97 Å².